The summed E-state index contributed by atoms with van der Waals surface area (Å²) in [5.74, 6) is 1.18. The molecule has 4 rings (SSSR count). The van der Waals surface area contributed by atoms with E-state index >= 15 is 0 Å². The molecule has 0 spiro atoms. The van der Waals surface area contributed by atoms with Gasteiger partial charge in [-0.3, -0.25) is 0 Å². The van der Waals surface area contributed by atoms with Crippen LogP contribution in [-0.4, -0.2) is 27.0 Å². The Labute approximate surface area is 191 Å². The normalized spacial score (nSPS) is 16.2. The molecule has 3 nitrogen and oxygen atoms in total. The van der Waals surface area contributed by atoms with Crippen molar-refractivity contribution >= 4 is 30.3 Å². The number of ether oxygens (including phenoxy) is 1. The van der Waals surface area contributed by atoms with Gasteiger partial charge in [-0.05, 0) is 39.7 Å². The number of methoxy groups -OCH3 is 1. The van der Waals surface area contributed by atoms with Crippen molar-refractivity contribution in [3.8, 4) is 5.75 Å². The zero-order valence-electron chi connectivity index (χ0n) is 18.7. The first kappa shape index (κ1) is 22.1. The summed E-state index contributed by atoms with van der Waals surface area (Å²) in [4.78, 5) is 4.31. The number of halogens is 1. The molecule has 0 saturated heterocycles. The Morgan fingerprint density at radius 1 is 0.935 bits per heavy atom. The van der Waals surface area contributed by atoms with E-state index in [0.29, 0.717) is 17.7 Å². The highest BCUT2D eigenvalue weighted by Crippen LogP contribution is 2.40. The maximum atomic E-state index is 7.13. The van der Waals surface area contributed by atoms with Crippen molar-refractivity contribution < 1.29 is 9.16 Å². The van der Waals surface area contributed by atoms with Gasteiger partial charge in [0.15, 0.2) is 0 Å². The Kier molecular flexibility index (Phi) is 6.24. The summed E-state index contributed by atoms with van der Waals surface area (Å²) in [6.45, 7) is 7.62. The van der Waals surface area contributed by atoms with Gasteiger partial charge in [0.25, 0.3) is 8.32 Å². The highest BCUT2D eigenvalue weighted by Gasteiger charge is 2.50. The molecule has 0 amide bonds. The average molecular weight is 452 g/mol. The molecule has 162 valence electrons. The summed E-state index contributed by atoms with van der Waals surface area (Å²) >= 11 is 6.42. The van der Waals surface area contributed by atoms with Crippen LogP contribution in [0.3, 0.4) is 0 Å². The van der Waals surface area contributed by atoms with Crippen LogP contribution < -0.4 is 15.1 Å². The van der Waals surface area contributed by atoms with Gasteiger partial charge >= 0.3 is 0 Å². The Morgan fingerprint density at radius 2 is 1.48 bits per heavy atom. The van der Waals surface area contributed by atoms with Crippen LogP contribution in [0.1, 0.15) is 31.9 Å². The Morgan fingerprint density at radius 3 is 2.00 bits per heavy atom. The van der Waals surface area contributed by atoms with Crippen LogP contribution in [-0.2, 0) is 17.3 Å². The van der Waals surface area contributed by atoms with E-state index in [1.165, 1.54) is 15.9 Å². The molecule has 1 heterocycles. The van der Waals surface area contributed by atoms with E-state index in [2.05, 4.69) is 86.4 Å². The van der Waals surface area contributed by atoms with Gasteiger partial charge in [-0.25, -0.2) is 4.98 Å². The molecule has 3 aromatic rings. The number of nitrogens with zero attached hydrogens (tertiary/aromatic N) is 1. The number of aromatic nitrogens is 1. The zero-order chi connectivity index (χ0) is 22.1. The van der Waals surface area contributed by atoms with Gasteiger partial charge in [0.2, 0.25) is 0 Å². The molecule has 0 bridgehead atoms. The van der Waals surface area contributed by atoms with Crippen LogP contribution in [0.15, 0.2) is 66.9 Å². The molecule has 0 aliphatic heterocycles. The van der Waals surface area contributed by atoms with E-state index in [0.717, 1.165) is 24.2 Å². The lowest BCUT2D eigenvalue weighted by Crippen LogP contribution is -2.66. The van der Waals surface area contributed by atoms with Gasteiger partial charge in [0, 0.05) is 12.2 Å². The van der Waals surface area contributed by atoms with Crippen LogP contribution in [0.25, 0.3) is 0 Å². The second kappa shape index (κ2) is 8.77. The quantitative estimate of drug-likeness (QED) is 0.389. The first-order chi connectivity index (χ1) is 14.9. The minimum absolute atomic E-state index is 0.0297. The van der Waals surface area contributed by atoms with Gasteiger partial charge in [0.1, 0.15) is 10.9 Å². The number of benzene rings is 2. The molecule has 1 aliphatic rings. The van der Waals surface area contributed by atoms with Gasteiger partial charge < -0.3 is 9.16 Å². The number of hydrogen-bond acceptors (Lipinski definition) is 3. The smallest absolute Gasteiger partial charge is 0.261 e. The highest BCUT2D eigenvalue weighted by atomic mass is 35.5. The third-order valence-electron chi connectivity index (χ3n) is 6.36. The lowest BCUT2D eigenvalue weighted by Gasteiger charge is -2.43. The molecule has 1 atom stereocenters. The summed E-state index contributed by atoms with van der Waals surface area (Å²) < 4.78 is 12.7. The first-order valence-corrected chi connectivity index (χ1v) is 13.1. The van der Waals surface area contributed by atoms with Crippen molar-refractivity contribution in [3.05, 3.63) is 83.1 Å². The maximum absolute atomic E-state index is 7.13. The van der Waals surface area contributed by atoms with Crippen LogP contribution in [0.2, 0.25) is 10.2 Å². The molecular formula is C26H30ClNO2Si. The van der Waals surface area contributed by atoms with Gasteiger partial charge in [-0.15, -0.1) is 0 Å². The van der Waals surface area contributed by atoms with E-state index in [1.807, 2.05) is 0 Å². The first-order valence-electron chi connectivity index (χ1n) is 10.8. The maximum Gasteiger partial charge on any atom is 0.261 e. The van der Waals surface area contributed by atoms with E-state index in [1.54, 1.807) is 13.3 Å². The number of rotatable bonds is 6. The monoisotopic (exact) mass is 451 g/mol. The molecular weight excluding hydrogens is 422 g/mol. The van der Waals surface area contributed by atoms with Crippen molar-refractivity contribution in [2.45, 2.75) is 38.7 Å². The fourth-order valence-electron chi connectivity index (χ4n) is 4.92. The molecule has 0 radical (unpaired) electrons. The molecule has 0 fully saturated rings. The summed E-state index contributed by atoms with van der Waals surface area (Å²) in [5.41, 5.74) is 2.29. The van der Waals surface area contributed by atoms with Gasteiger partial charge in [0.05, 0.1) is 13.3 Å². The highest BCUT2D eigenvalue weighted by molar-refractivity contribution is 6.99. The fourth-order valence-corrected chi connectivity index (χ4v) is 9.80. The summed E-state index contributed by atoms with van der Waals surface area (Å²) in [7, 11) is -0.844. The van der Waals surface area contributed by atoms with Crippen molar-refractivity contribution in [2.75, 3.05) is 13.7 Å². The molecule has 0 N–H and O–H groups in total. The van der Waals surface area contributed by atoms with E-state index in [-0.39, 0.29) is 5.04 Å². The Hall–Kier alpha value is -2.14. The number of fused-ring (bicyclic) bond motifs is 1. The predicted octanol–water partition coefficient (Wildman–Crippen LogP) is 5.04. The minimum Gasteiger partial charge on any atom is -0.495 e. The number of hydrogen-bond donors (Lipinski definition) is 0. The third-order valence-corrected chi connectivity index (χ3v) is 11.7. The molecule has 2 aromatic carbocycles. The van der Waals surface area contributed by atoms with Crippen LogP contribution in [0, 0.1) is 5.92 Å². The molecule has 31 heavy (non-hydrogen) atoms. The molecule has 1 aliphatic carbocycles. The van der Waals surface area contributed by atoms with E-state index < -0.39 is 8.32 Å². The standard InChI is InChI=1S/C26H30ClNO2Si/c1-26(2,3)31(20-11-7-5-8-12-20,21-13-9-6-10-14-21)30-18-19-15-22-23(16-19)25(27)28-17-24(22)29-4/h5-14,17,19H,15-16,18H2,1-4H3. The fraction of sp³-hybridized carbons (Fsp3) is 0.346. The second-order valence-corrected chi connectivity index (χ2v) is 14.0. The minimum atomic E-state index is -2.54. The Bertz CT molecular complexity index is 995. The summed E-state index contributed by atoms with van der Waals surface area (Å²) in [6, 6.07) is 21.6. The molecule has 5 heteroatoms. The number of pyridine rings is 1. The van der Waals surface area contributed by atoms with Crippen molar-refractivity contribution in [2.24, 2.45) is 5.92 Å². The van der Waals surface area contributed by atoms with Gasteiger partial charge in [-0.1, -0.05) is 93.0 Å². The van der Waals surface area contributed by atoms with Crippen molar-refractivity contribution in [1.29, 1.82) is 0 Å². The summed E-state index contributed by atoms with van der Waals surface area (Å²) in [5, 5.41) is 3.17. The summed E-state index contributed by atoms with van der Waals surface area (Å²) in [6.07, 6.45) is 3.50. The topological polar surface area (TPSA) is 31.4 Å². The lowest BCUT2D eigenvalue weighted by atomic mass is 10.1. The SMILES string of the molecule is COc1cnc(Cl)c2c1CC(CO[Si](c1ccccc1)(c1ccccc1)C(C)(C)C)C2. The average Bonchev–Trinajstić information content (AvgIpc) is 3.20. The molecule has 1 unspecified atom stereocenters. The second-order valence-electron chi connectivity index (χ2n) is 9.32. The predicted molar refractivity (Wildman–Crippen MR) is 130 cm³/mol. The largest absolute Gasteiger partial charge is 0.495 e. The van der Waals surface area contributed by atoms with Crippen LogP contribution >= 0.6 is 11.6 Å². The van der Waals surface area contributed by atoms with Crippen molar-refractivity contribution in [3.63, 3.8) is 0 Å². The van der Waals surface area contributed by atoms with Crippen LogP contribution in [0.4, 0.5) is 0 Å². The van der Waals surface area contributed by atoms with E-state index in [4.69, 9.17) is 20.8 Å². The molecule has 1 aromatic heterocycles. The van der Waals surface area contributed by atoms with Crippen LogP contribution in [0.5, 0.6) is 5.75 Å². The Balaban J connectivity index is 1.69. The molecule has 0 saturated carbocycles. The van der Waals surface area contributed by atoms with Gasteiger partial charge in [-0.2, -0.15) is 0 Å². The third kappa shape index (κ3) is 4.04. The van der Waals surface area contributed by atoms with E-state index in [9.17, 15) is 0 Å². The lowest BCUT2D eigenvalue weighted by molar-refractivity contribution is 0.239. The van der Waals surface area contributed by atoms with Crippen molar-refractivity contribution in [1.82, 2.24) is 4.98 Å². The zero-order valence-corrected chi connectivity index (χ0v) is 20.4.